The Morgan fingerprint density at radius 3 is 2.40 bits per heavy atom. The number of carbonyl (C=O) groups excluding carboxylic acids is 1. The first-order valence-electron chi connectivity index (χ1n) is 6.10. The second-order valence-corrected chi connectivity index (χ2v) is 5.99. The number of aliphatic hydroxyl groups is 1. The van der Waals surface area contributed by atoms with Crippen molar-refractivity contribution in [2.45, 2.75) is 24.3 Å². The van der Waals surface area contributed by atoms with Crippen LogP contribution in [-0.4, -0.2) is 38.7 Å². The highest BCUT2D eigenvalue weighted by Crippen LogP contribution is 2.08. The highest BCUT2D eigenvalue weighted by molar-refractivity contribution is 7.89. The summed E-state index contributed by atoms with van der Waals surface area (Å²) in [5.41, 5.74) is 0.883. The minimum absolute atomic E-state index is 0.0592. The van der Waals surface area contributed by atoms with Crippen LogP contribution in [0.3, 0.4) is 0 Å². The van der Waals surface area contributed by atoms with E-state index in [2.05, 4.69) is 10.6 Å². The van der Waals surface area contributed by atoms with Crippen LogP contribution in [0.25, 0.3) is 0 Å². The normalized spacial score (nSPS) is 12.8. The van der Waals surface area contributed by atoms with Gasteiger partial charge in [0.2, 0.25) is 10.0 Å². The molecule has 0 heterocycles. The lowest BCUT2D eigenvalue weighted by atomic mass is 10.1. The molecule has 0 bridgehead atoms. The summed E-state index contributed by atoms with van der Waals surface area (Å²) in [5.74, 6) is 0. The largest absolute Gasteiger partial charge is 0.392 e. The first-order valence-corrected chi connectivity index (χ1v) is 7.65. The molecule has 0 aliphatic rings. The summed E-state index contributed by atoms with van der Waals surface area (Å²) >= 11 is 0. The third kappa shape index (κ3) is 6.00. The van der Waals surface area contributed by atoms with Gasteiger partial charge in [0.05, 0.1) is 11.0 Å². The van der Waals surface area contributed by atoms with Gasteiger partial charge in [0.25, 0.3) is 0 Å². The standard InChI is InChI=1S/C12H19N3O4S/c1-9(16)8-15-12(17)14-7-6-10-2-4-11(5-3-10)20(13,18)19/h2-5,9,16H,6-8H2,1H3,(H2,13,18,19)(H2,14,15,17). The Labute approximate surface area is 118 Å². The van der Waals surface area contributed by atoms with Gasteiger partial charge in [0, 0.05) is 13.1 Å². The van der Waals surface area contributed by atoms with E-state index in [1.807, 2.05) is 0 Å². The zero-order chi connectivity index (χ0) is 15.2. The summed E-state index contributed by atoms with van der Waals surface area (Å²) < 4.78 is 22.1. The number of amides is 2. The van der Waals surface area contributed by atoms with Gasteiger partial charge in [-0.1, -0.05) is 12.1 Å². The summed E-state index contributed by atoms with van der Waals surface area (Å²) in [6, 6.07) is 5.80. The summed E-state index contributed by atoms with van der Waals surface area (Å²) in [5, 5.41) is 19.1. The third-order valence-corrected chi connectivity index (χ3v) is 3.44. The van der Waals surface area contributed by atoms with Crippen LogP contribution in [0.5, 0.6) is 0 Å². The van der Waals surface area contributed by atoms with Crippen molar-refractivity contribution in [3.63, 3.8) is 0 Å². The predicted octanol–water partition coefficient (Wildman–Crippen LogP) is -0.443. The number of hydrogen-bond acceptors (Lipinski definition) is 4. The fourth-order valence-corrected chi connectivity index (χ4v) is 1.98. The molecule has 7 nitrogen and oxygen atoms in total. The minimum Gasteiger partial charge on any atom is -0.392 e. The van der Waals surface area contributed by atoms with Crippen molar-refractivity contribution in [1.82, 2.24) is 10.6 Å². The smallest absolute Gasteiger partial charge is 0.314 e. The number of nitrogens with two attached hydrogens (primary N) is 1. The zero-order valence-corrected chi connectivity index (χ0v) is 12.0. The fraction of sp³-hybridized carbons (Fsp3) is 0.417. The van der Waals surface area contributed by atoms with E-state index in [0.717, 1.165) is 5.56 Å². The number of urea groups is 1. The second-order valence-electron chi connectivity index (χ2n) is 4.42. The Kier molecular flexibility index (Phi) is 5.93. The lowest BCUT2D eigenvalue weighted by Crippen LogP contribution is -2.39. The first-order chi connectivity index (χ1) is 9.29. The maximum atomic E-state index is 11.3. The molecular weight excluding hydrogens is 282 g/mol. The molecule has 1 aromatic carbocycles. The molecular formula is C12H19N3O4S. The van der Waals surface area contributed by atoms with Crippen LogP contribution in [0.1, 0.15) is 12.5 Å². The molecule has 1 aromatic rings. The van der Waals surface area contributed by atoms with Crippen molar-refractivity contribution in [2.75, 3.05) is 13.1 Å². The van der Waals surface area contributed by atoms with Gasteiger partial charge < -0.3 is 15.7 Å². The Hall–Kier alpha value is -1.64. The van der Waals surface area contributed by atoms with Gasteiger partial charge in [-0.3, -0.25) is 0 Å². The van der Waals surface area contributed by atoms with Crippen LogP contribution >= 0.6 is 0 Å². The van der Waals surface area contributed by atoms with Crippen LogP contribution in [0, 0.1) is 0 Å². The molecule has 0 radical (unpaired) electrons. The number of nitrogens with one attached hydrogen (secondary N) is 2. The molecule has 2 amide bonds. The summed E-state index contributed by atoms with van der Waals surface area (Å²) in [6.07, 6.45) is -0.0287. The van der Waals surface area contributed by atoms with Gasteiger partial charge in [-0.25, -0.2) is 18.4 Å². The highest BCUT2D eigenvalue weighted by atomic mass is 32.2. The molecule has 0 saturated heterocycles. The van der Waals surface area contributed by atoms with Crippen LogP contribution in [0.4, 0.5) is 4.79 Å². The van der Waals surface area contributed by atoms with Gasteiger partial charge in [-0.15, -0.1) is 0 Å². The van der Waals surface area contributed by atoms with E-state index in [9.17, 15) is 13.2 Å². The molecule has 0 spiro atoms. The van der Waals surface area contributed by atoms with Gasteiger partial charge in [0.15, 0.2) is 0 Å². The quantitative estimate of drug-likeness (QED) is 0.569. The summed E-state index contributed by atoms with van der Waals surface area (Å²) in [4.78, 5) is 11.4. The monoisotopic (exact) mass is 301 g/mol. The average molecular weight is 301 g/mol. The second kappa shape index (κ2) is 7.22. The van der Waals surface area contributed by atoms with Crippen LogP contribution in [0.15, 0.2) is 29.2 Å². The van der Waals surface area contributed by atoms with Crippen molar-refractivity contribution in [2.24, 2.45) is 5.14 Å². The molecule has 0 aliphatic carbocycles. The van der Waals surface area contributed by atoms with Gasteiger partial charge >= 0.3 is 6.03 Å². The van der Waals surface area contributed by atoms with E-state index in [0.29, 0.717) is 13.0 Å². The predicted molar refractivity (Wildman–Crippen MR) is 74.6 cm³/mol. The summed E-state index contributed by atoms with van der Waals surface area (Å²) in [6.45, 7) is 2.17. The number of rotatable bonds is 6. The molecule has 20 heavy (non-hydrogen) atoms. The highest BCUT2D eigenvalue weighted by Gasteiger charge is 2.07. The summed E-state index contributed by atoms with van der Waals surface area (Å²) in [7, 11) is -3.67. The first kappa shape index (κ1) is 16.4. The molecule has 0 saturated carbocycles. The Morgan fingerprint density at radius 1 is 1.30 bits per heavy atom. The number of aliphatic hydroxyl groups excluding tert-OH is 1. The van der Waals surface area contributed by atoms with Crippen LogP contribution in [0.2, 0.25) is 0 Å². The average Bonchev–Trinajstić information content (AvgIpc) is 2.36. The van der Waals surface area contributed by atoms with Crippen molar-refractivity contribution < 1.29 is 18.3 Å². The number of sulfonamides is 1. The molecule has 0 aliphatic heterocycles. The van der Waals surface area contributed by atoms with Gasteiger partial charge in [-0.05, 0) is 31.0 Å². The molecule has 1 atom stereocenters. The number of carbonyl (C=O) groups is 1. The SMILES string of the molecule is CC(O)CNC(=O)NCCc1ccc(S(N)(=O)=O)cc1. The Bertz CT molecular complexity index is 540. The van der Waals surface area contributed by atoms with Crippen LogP contribution in [-0.2, 0) is 16.4 Å². The van der Waals surface area contributed by atoms with E-state index < -0.39 is 16.1 Å². The molecule has 112 valence electrons. The van der Waals surface area contributed by atoms with E-state index in [1.165, 1.54) is 12.1 Å². The van der Waals surface area contributed by atoms with Crippen molar-refractivity contribution >= 4 is 16.1 Å². The Balaban J connectivity index is 2.38. The van der Waals surface area contributed by atoms with Crippen molar-refractivity contribution in [3.05, 3.63) is 29.8 Å². The maximum absolute atomic E-state index is 11.3. The molecule has 0 fully saturated rings. The van der Waals surface area contributed by atoms with E-state index >= 15 is 0 Å². The number of hydrogen-bond donors (Lipinski definition) is 4. The molecule has 8 heteroatoms. The van der Waals surface area contributed by atoms with E-state index in [-0.39, 0.29) is 17.5 Å². The van der Waals surface area contributed by atoms with Gasteiger partial charge in [-0.2, -0.15) is 0 Å². The van der Waals surface area contributed by atoms with Crippen molar-refractivity contribution in [1.29, 1.82) is 0 Å². The topological polar surface area (TPSA) is 122 Å². The van der Waals surface area contributed by atoms with E-state index in [4.69, 9.17) is 10.2 Å². The fourth-order valence-electron chi connectivity index (χ4n) is 1.47. The molecule has 1 unspecified atom stereocenters. The lowest BCUT2D eigenvalue weighted by Gasteiger charge is -2.09. The van der Waals surface area contributed by atoms with Crippen LogP contribution < -0.4 is 15.8 Å². The zero-order valence-electron chi connectivity index (χ0n) is 11.2. The van der Waals surface area contributed by atoms with E-state index in [1.54, 1.807) is 19.1 Å². The number of benzene rings is 1. The molecule has 1 rings (SSSR count). The van der Waals surface area contributed by atoms with Gasteiger partial charge in [0.1, 0.15) is 0 Å². The maximum Gasteiger partial charge on any atom is 0.314 e. The third-order valence-electron chi connectivity index (χ3n) is 2.51. The molecule has 5 N–H and O–H groups in total. The minimum atomic E-state index is -3.67. The lowest BCUT2D eigenvalue weighted by molar-refractivity contribution is 0.187. The molecule has 0 aromatic heterocycles. The Morgan fingerprint density at radius 2 is 1.90 bits per heavy atom. The van der Waals surface area contributed by atoms with Crippen molar-refractivity contribution in [3.8, 4) is 0 Å². The number of primary sulfonamides is 1.